The maximum Gasteiger partial charge on any atom is 0.182 e. The van der Waals surface area contributed by atoms with Gasteiger partial charge in [0, 0.05) is 31.1 Å². The third kappa shape index (κ3) is 2.66. The van der Waals surface area contributed by atoms with Crippen molar-refractivity contribution in [2.45, 2.75) is 31.6 Å². The minimum absolute atomic E-state index is 0.0899. The number of H-pyrrole nitrogens is 1. The highest BCUT2D eigenvalue weighted by Gasteiger charge is 2.24. The SMILES string of the molecule is CN(C)CC1CCC(c2c[nH]n3ccc(=O)cc23)CC1. The Kier molecular flexibility index (Phi) is 3.66. The summed E-state index contributed by atoms with van der Waals surface area (Å²) in [5.74, 6) is 1.42. The van der Waals surface area contributed by atoms with Gasteiger partial charge in [-0.2, -0.15) is 0 Å². The molecule has 4 nitrogen and oxygen atoms in total. The van der Waals surface area contributed by atoms with E-state index in [0.717, 1.165) is 11.4 Å². The number of nitrogens with one attached hydrogen (secondary N) is 1. The largest absolute Gasteiger partial charge is 0.309 e. The molecule has 1 aliphatic rings. The van der Waals surface area contributed by atoms with Gasteiger partial charge in [-0.1, -0.05) is 0 Å². The van der Waals surface area contributed by atoms with Crippen LogP contribution in [0.1, 0.15) is 37.2 Å². The van der Waals surface area contributed by atoms with Gasteiger partial charge in [-0.25, -0.2) is 0 Å². The topological polar surface area (TPSA) is 40.5 Å². The lowest BCUT2D eigenvalue weighted by atomic mass is 9.79. The molecule has 108 valence electrons. The average molecular weight is 273 g/mol. The van der Waals surface area contributed by atoms with E-state index in [1.807, 2.05) is 10.7 Å². The van der Waals surface area contributed by atoms with Crippen molar-refractivity contribution in [2.75, 3.05) is 20.6 Å². The molecule has 3 rings (SSSR count). The van der Waals surface area contributed by atoms with Crippen molar-refractivity contribution in [1.82, 2.24) is 14.5 Å². The second kappa shape index (κ2) is 5.44. The van der Waals surface area contributed by atoms with Crippen molar-refractivity contribution in [3.8, 4) is 0 Å². The van der Waals surface area contributed by atoms with E-state index >= 15 is 0 Å². The van der Waals surface area contributed by atoms with Crippen LogP contribution in [0.5, 0.6) is 0 Å². The van der Waals surface area contributed by atoms with E-state index < -0.39 is 0 Å². The van der Waals surface area contributed by atoms with Crippen molar-refractivity contribution in [2.24, 2.45) is 5.92 Å². The molecule has 1 aliphatic carbocycles. The normalized spacial score (nSPS) is 23.6. The summed E-state index contributed by atoms with van der Waals surface area (Å²) in [6.07, 6.45) is 8.93. The molecule has 2 aromatic heterocycles. The molecule has 0 atom stereocenters. The van der Waals surface area contributed by atoms with Gasteiger partial charge in [-0.05, 0) is 57.2 Å². The number of pyridine rings is 1. The van der Waals surface area contributed by atoms with Crippen molar-refractivity contribution < 1.29 is 0 Å². The van der Waals surface area contributed by atoms with Crippen molar-refractivity contribution >= 4 is 5.52 Å². The number of rotatable bonds is 3. The van der Waals surface area contributed by atoms with Gasteiger partial charge in [0.05, 0.1) is 5.52 Å². The van der Waals surface area contributed by atoms with E-state index in [9.17, 15) is 4.79 Å². The predicted octanol–water partition coefficient (Wildman–Crippen LogP) is 2.46. The number of aromatic amines is 1. The fourth-order valence-electron chi connectivity index (χ4n) is 3.53. The summed E-state index contributed by atoms with van der Waals surface area (Å²) >= 11 is 0. The van der Waals surface area contributed by atoms with E-state index in [1.165, 1.54) is 37.8 Å². The molecule has 0 bridgehead atoms. The molecule has 0 unspecified atom stereocenters. The van der Waals surface area contributed by atoms with E-state index in [1.54, 1.807) is 12.1 Å². The maximum absolute atomic E-state index is 11.6. The fraction of sp³-hybridized carbons (Fsp3) is 0.562. The van der Waals surface area contributed by atoms with Gasteiger partial charge in [0.1, 0.15) is 0 Å². The van der Waals surface area contributed by atoms with E-state index in [0.29, 0.717) is 5.92 Å². The Hall–Kier alpha value is -1.55. The zero-order valence-electron chi connectivity index (χ0n) is 12.3. The number of fused-ring (bicyclic) bond motifs is 1. The molecule has 20 heavy (non-hydrogen) atoms. The number of hydrogen-bond acceptors (Lipinski definition) is 2. The molecule has 1 N–H and O–H groups in total. The van der Waals surface area contributed by atoms with Crippen LogP contribution in [0.4, 0.5) is 0 Å². The Morgan fingerprint density at radius 2 is 2.05 bits per heavy atom. The first-order chi connectivity index (χ1) is 9.63. The lowest BCUT2D eigenvalue weighted by Gasteiger charge is -2.30. The van der Waals surface area contributed by atoms with Crippen molar-refractivity contribution in [3.05, 3.63) is 40.3 Å². The Bertz CT molecular complexity index is 632. The molecule has 2 heterocycles. The second-order valence-electron chi connectivity index (χ2n) is 6.33. The van der Waals surface area contributed by atoms with Crippen LogP contribution in [0.25, 0.3) is 5.52 Å². The zero-order valence-corrected chi connectivity index (χ0v) is 12.3. The molecular weight excluding hydrogens is 250 g/mol. The Morgan fingerprint density at radius 3 is 2.75 bits per heavy atom. The first-order valence-electron chi connectivity index (χ1n) is 7.48. The van der Waals surface area contributed by atoms with Crippen LogP contribution < -0.4 is 5.43 Å². The first kappa shape index (κ1) is 13.4. The smallest absolute Gasteiger partial charge is 0.182 e. The third-order valence-corrected chi connectivity index (χ3v) is 4.49. The van der Waals surface area contributed by atoms with Crippen LogP contribution in [0.15, 0.2) is 29.3 Å². The molecule has 4 heteroatoms. The van der Waals surface area contributed by atoms with Crippen LogP contribution in [0, 0.1) is 5.92 Å². The summed E-state index contributed by atoms with van der Waals surface area (Å²) in [6.45, 7) is 1.19. The monoisotopic (exact) mass is 273 g/mol. The molecule has 0 radical (unpaired) electrons. The molecule has 0 amide bonds. The van der Waals surface area contributed by atoms with Crippen LogP contribution in [0.2, 0.25) is 0 Å². The standard InChI is InChI=1S/C16H23N3O/c1-18(2)11-12-3-5-13(6-4-12)15-10-17-19-8-7-14(20)9-16(15)19/h7-10,12-13,17H,3-6,11H2,1-2H3. The summed E-state index contributed by atoms with van der Waals surface area (Å²) in [6, 6.07) is 3.35. The Labute approximate surface area is 119 Å². The van der Waals surface area contributed by atoms with Gasteiger partial charge in [-0.3, -0.25) is 9.31 Å². The molecular formula is C16H23N3O. The van der Waals surface area contributed by atoms with Gasteiger partial charge >= 0.3 is 0 Å². The Balaban J connectivity index is 1.77. The van der Waals surface area contributed by atoms with Gasteiger partial charge in [0.25, 0.3) is 0 Å². The summed E-state index contributed by atoms with van der Waals surface area (Å²) < 4.78 is 1.95. The van der Waals surface area contributed by atoms with Gasteiger partial charge in [0.15, 0.2) is 5.43 Å². The molecule has 2 aromatic rings. The summed E-state index contributed by atoms with van der Waals surface area (Å²) in [7, 11) is 4.30. The fourth-order valence-corrected chi connectivity index (χ4v) is 3.53. The summed E-state index contributed by atoms with van der Waals surface area (Å²) in [5, 5.41) is 3.23. The maximum atomic E-state index is 11.6. The minimum Gasteiger partial charge on any atom is -0.309 e. The molecule has 1 saturated carbocycles. The number of aromatic nitrogens is 2. The first-order valence-corrected chi connectivity index (χ1v) is 7.48. The van der Waals surface area contributed by atoms with Crippen molar-refractivity contribution in [3.63, 3.8) is 0 Å². The third-order valence-electron chi connectivity index (χ3n) is 4.49. The quantitative estimate of drug-likeness (QED) is 0.933. The predicted molar refractivity (Wildman–Crippen MR) is 81.3 cm³/mol. The molecule has 1 fully saturated rings. The van der Waals surface area contributed by atoms with E-state index in [4.69, 9.17) is 0 Å². The second-order valence-corrected chi connectivity index (χ2v) is 6.33. The van der Waals surface area contributed by atoms with Gasteiger partial charge in [0.2, 0.25) is 0 Å². The highest BCUT2D eigenvalue weighted by molar-refractivity contribution is 5.55. The lowest BCUT2D eigenvalue weighted by molar-refractivity contribution is 0.250. The van der Waals surface area contributed by atoms with Crippen molar-refractivity contribution in [1.29, 1.82) is 0 Å². The average Bonchev–Trinajstić information content (AvgIpc) is 2.82. The van der Waals surface area contributed by atoms with Crippen LogP contribution >= 0.6 is 0 Å². The van der Waals surface area contributed by atoms with Crippen LogP contribution in [0.3, 0.4) is 0 Å². The summed E-state index contributed by atoms with van der Waals surface area (Å²) in [5.41, 5.74) is 2.45. The summed E-state index contributed by atoms with van der Waals surface area (Å²) in [4.78, 5) is 13.8. The number of nitrogens with zero attached hydrogens (tertiary/aromatic N) is 2. The molecule has 0 saturated heterocycles. The van der Waals surface area contributed by atoms with Gasteiger partial charge in [-0.15, -0.1) is 0 Å². The van der Waals surface area contributed by atoms with E-state index in [2.05, 4.69) is 30.3 Å². The highest BCUT2D eigenvalue weighted by Crippen LogP contribution is 2.37. The zero-order chi connectivity index (χ0) is 14.1. The van der Waals surface area contributed by atoms with Gasteiger partial charge < -0.3 is 10.00 Å². The lowest BCUT2D eigenvalue weighted by Crippen LogP contribution is -2.25. The van der Waals surface area contributed by atoms with Crippen LogP contribution in [-0.4, -0.2) is 35.2 Å². The van der Waals surface area contributed by atoms with E-state index in [-0.39, 0.29) is 5.43 Å². The highest BCUT2D eigenvalue weighted by atomic mass is 16.1. The number of hydrogen-bond donors (Lipinski definition) is 1. The Morgan fingerprint density at radius 1 is 1.30 bits per heavy atom. The molecule has 0 aliphatic heterocycles. The minimum atomic E-state index is 0.0899. The molecule has 0 aromatic carbocycles. The van der Waals surface area contributed by atoms with Crippen LogP contribution in [-0.2, 0) is 0 Å². The molecule has 0 spiro atoms.